The molecule has 0 unspecified atom stereocenters. The van der Waals surface area contributed by atoms with Crippen molar-refractivity contribution in [3.63, 3.8) is 0 Å². The van der Waals surface area contributed by atoms with Gasteiger partial charge in [-0.1, -0.05) is 47.5 Å². The third-order valence-corrected chi connectivity index (χ3v) is 9.80. The molecule has 1 aromatic heterocycles. The SMILES string of the molecule is COc1ccc([C@H](Cc2c(Cl)c[nH+]cc2Cl)OC(=O)c2cccc(CN(C(=O)O[C@H]3CN4CCC3CC4)c3cccc(O)c3)c2)cc1OC. The number of anilines is 1. The number of hydrogen-bond acceptors (Lipinski definition) is 8. The number of esters is 1. The first-order chi connectivity index (χ1) is 23.7. The third-order valence-electron chi connectivity index (χ3n) is 9.13. The maximum atomic E-state index is 13.8. The number of halogens is 2. The van der Waals surface area contributed by atoms with E-state index in [9.17, 15) is 14.7 Å². The van der Waals surface area contributed by atoms with E-state index in [2.05, 4.69) is 9.88 Å². The summed E-state index contributed by atoms with van der Waals surface area (Å²) in [6.07, 6.45) is 3.89. The molecule has 0 radical (unpaired) electrons. The molecule has 4 aromatic rings. The number of hydrogen-bond donors (Lipinski definition) is 1. The zero-order valence-corrected chi connectivity index (χ0v) is 28.7. The van der Waals surface area contributed by atoms with Crippen LogP contribution in [0.3, 0.4) is 0 Å². The Labute approximate surface area is 295 Å². The maximum absolute atomic E-state index is 13.8. The van der Waals surface area contributed by atoms with Crippen LogP contribution in [0.1, 0.15) is 46.0 Å². The molecular weight excluding hydrogens is 669 g/mol. The molecule has 0 aliphatic carbocycles. The Kier molecular flexibility index (Phi) is 10.8. The van der Waals surface area contributed by atoms with Gasteiger partial charge < -0.3 is 24.1 Å². The van der Waals surface area contributed by atoms with Gasteiger partial charge in [-0.25, -0.2) is 14.6 Å². The minimum atomic E-state index is -0.798. The number of carbonyl (C=O) groups excluding carboxylic acids is 2. The fourth-order valence-corrected chi connectivity index (χ4v) is 7.01. The number of aromatic nitrogens is 1. The smallest absolute Gasteiger partial charge is 0.414 e. The highest BCUT2D eigenvalue weighted by Gasteiger charge is 2.37. The molecule has 1 amide bonds. The molecule has 3 aromatic carbocycles. The van der Waals surface area contributed by atoms with Gasteiger partial charge in [0.25, 0.3) is 0 Å². The predicted molar refractivity (Wildman–Crippen MR) is 185 cm³/mol. The van der Waals surface area contributed by atoms with Crippen LogP contribution in [-0.2, 0) is 22.4 Å². The normalized spacial score (nSPS) is 18.7. The van der Waals surface area contributed by atoms with Gasteiger partial charge in [-0.3, -0.25) is 9.80 Å². The number of aromatic amines is 1. The van der Waals surface area contributed by atoms with Crippen LogP contribution in [0.4, 0.5) is 10.5 Å². The summed E-state index contributed by atoms with van der Waals surface area (Å²) < 4.78 is 23.1. The molecule has 0 saturated carbocycles. The lowest BCUT2D eigenvalue weighted by molar-refractivity contribution is -0.377. The molecule has 3 saturated heterocycles. The van der Waals surface area contributed by atoms with E-state index in [0.717, 1.165) is 25.9 Å². The lowest BCUT2D eigenvalue weighted by Gasteiger charge is -2.44. The van der Waals surface area contributed by atoms with Crippen molar-refractivity contribution in [2.24, 2.45) is 5.92 Å². The van der Waals surface area contributed by atoms with Crippen LogP contribution < -0.4 is 19.4 Å². The van der Waals surface area contributed by atoms with Crippen LogP contribution in [0.2, 0.25) is 10.0 Å². The Bertz CT molecular complexity index is 1790. The molecule has 256 valence electrons. The van der Waals surface area contributed by atoms with E-state index >= 15 is 0 Å². The highest BCUT2D eigenvalue weighted by Crippen LogP contribution is 2.36. The largest absolute Gasteiger partial charge is 0.508 e. The Balaban J connectivity index is 1.25. The second-order valence-corrected chi connectivity index (χ2v) is 13.0. The molecule has 49 heavy (non-hydrogen) atoms. The van der Waals surface area contributed by atoms with Gasteiger partial charge in [-0.15, -0.1) is 0 Å². The monoisotopic (exact) mass is 706 g/mol. The number of piperidine rings is 3. The average Bonchev–Trinajstić information content (AvgIpc) is 3.12. The number of methoxy groups -OCH3 is 2. The first-order valence-electron chi connectivity index (χ1n) is 16.1. The molecule has 3 aliphatic heterocycles. The van der Waals surface area contributed by atoms with Crippen LogP contribution in [0.15, 0.2) is 79.1 Å². The van der Waals surface area contributed by atoms with Crippen LogP contribution >= 0.6 is 23.2 Å². The number of amides is 1. The van der Waals surface area contributed by atoms with E-state index in [1.54, 1.807) is 74.1 Å². The maximum Gasteiger partial charge on any atom is 0.414 e. The van der Waals surface area contributed by atoms with E-state index in [1.165, 1.54) is 18.1 Å². The minimum absolute atomic E-state index is 0.0215. The van der Waals surface area contributed by atoms with Gasteiger partial charge in [0.05, 0.1) is 32.0 Å². The lowest BCUT2D eigenvalue weighted by Crippen LogP contribution is -2.53. The van der Waals surface area contributed by atoms with Gasteiger partial charge >= 0.3 is 12.1 Å². The number of benzene rings is 3. The molecule has 3 aliphatic rings. The standard InChI is InChI=1S/C37H37Cl2N3O7/c1-46-32-10-9-25(16-34(32)47-2)33(18-29-30(38)19-40-20-31(29)39)48-36(44)26-6-3-5-23(15-26)21-42(27-7-4-8-28(43)17-27)37(45)49-35-22-41-13-11-24(35)12-14-41/h3-10,15-17,19-20,24,33,35,43H,11-14,18,21-22H2,1-2H3/p+1/t33-,35-/m0/s1. The number of fused-ring (bicyclic) bond motifs is 3. The van der Waals surface area contributed by atoms with Crippen molar-refractivity contribution in [3.8, 4) is 17.2 Å². The summed E-state index contributed by atoms with van der Waals surface area (Å²) in [5.41, 5.74) is 2.67. The Morgan fingerprint density at radius 3 is 2.37 bits per heavy atom. The summed E-state index contributed by atoms with van der Waals surface area (Å²) in [5.74, 6) is 0.760. The van der Waals surface area contributed by atoms with Crippen LogP contribution in [0.5, 0.6) is 17.2 Å². The number of pyridine rings is 1. The molecule has 0 spiro atoms. The van der Waals surface area contributed by atoms with Crippen LogP contribution in [-0.4, -0.2) is 62.0 Å². The highest BCUT2D eigenvalue weighted by atomic mass is 35.5. The predicted octanol–water partition coefficient (Wildman–Crippen LogP) is 6.91. The second kappa shape index (κ2) is 15.4. The molecule has 3 fully saturated rings. The first kappa shape index (κ1) is 34.4. The summed E-state index contributed by atoms with van der Waals surface area (Å²) in [4.78, 5) is 34.2. The van der Waals surface area contributed by atoms with Crippen molar-refractivity contribution in [1.29, 1.82) is 0 Å². The lowest BCUT2D eigenvalue weighted by atomic mass is 9.86. The van der Waals surface area contributed by atoms with Gasteiger partial charge in [-0.2, -0.15) is 0 Å². The first-order valence-corrected chi connectivity index (χ1v) is 16.8. The highest BCUT2D eigenvalue weighted by molar-refractivity contribution is 6.35. The number of aromatic hydroxyl groups is 1. The number of nitrogens with zero attached hydrogens (tertiary/aromatic N) is 2. The third kappa shape index (κ3) is 8.04. The van der Waals surface area contributed by atoms with E-state index in [4.69, 9.17) is 42.1 Å². The van der Waals surface area contributed by atoms with Crippen LogP contribution in [0, 0.1) is 5.92 Å². The van der Waals surface area contributed by atoms with E-state index in [0.29, 0.717) is 56.4 Å². The van der Waals surface area contributed by atoms with Crippen molar-refractivity contribution in [3.05, 3.63) is 111 Å². The fourth-order valence-electron chi connectivity index (χ4n) is 6.47. The average molecular weight is 708 g/mol. The van der Waals surface area contributed by atoms with E-state index < -0.39 is 18.2 Å². The molecule has 12 heteroatoms. The van der Waals surface area contributed by atoms with Gasteiger partial charge in [0.15, 0.2) is 23.9 Å². The Morgan fingerprint density at radius 1 is 0.959 bits per heavy atom. The number of rotatable bonds is 11. The van der Waals surface area contributed by atoms with Crippen molar-refractivity contribution in [2.45, 2.75) is 38.0 Å². The number of carbonyl (C=O) groups is 2. The summed E-state index contributed by atoms with van der Waals surface area (Å²) >= 11 is 13.0. The fraction of sp³-hybridized carbons (Fsp3) is 0.324. The zero-order valence-electron chi connectivity index (χ0n) is 27.2. The number of ether oxygens (including phenoxy) is 4. The number of nitrogens with one attached hydrogen (secondary N) is 1. The van der Waals surface area contributed by atoms with Gasteiger partial charge in [-0.05, 0) is 79.4 Å². The molecular formula is C37H38Cl2N3O7+. The summed E-state index contributed by atoms with van der Waals surface area (Å²) in [6.45, 7) is 2.85. The van der Waals surface area contributed by atoms with Gasteiger partial charge in [0.1, 0.15) is 28.0 Å². The Hall–Kier alpha value is -4.51. The molecule has 2 atom stereocenters. The van der Waals surface area contributed by atoms with Crippen molar-refractivity contribution >= 4 is 41.0 Å². The van der Waals surface area contributed by atoms with E-state index in [1.807, 2.05) is 6.07 Å². The zero-order chi connectivity index (χ0) is 34.5. The number of phenols is 1. The molecule has 2 N–H and O–H groups in total. The minimum Gasteiger partial charge on any atom is -0.508 e. The molecule has 2 bridgehead atoms. The van der Waals surface area contributed by atoms with Gasteiger partial charge in [0, 0.05) is 24.6 Å². The number of H-pyrrole nitrogens is 1. The summed E-state index contributed by atoms with van der Waals surface area (Å²) in [7, 11) is 3.07. The molecule has 7 rings (SSSR count). The van der Waals surface area contributed by atoms with Crippen molar-refractivity contribution < 1.29 is 38.6 Å². The summed E-state index contributed by atoms with van der Waals surface area (Å²) in [5, 5.41) is 11.0. The topological polar surface area (TPSA) is 112 Å². The van der Waals surface area contributed by atoms with Crippen molar-refractivity contribution in [2.75, 3.05) is 38.8 Å². The van der Waals surface area contributed by atoms with Gasteiger partial charge in [0.2, 0.25) is 0 Å². The number of phenolic OH excluding ortho intramolecular Hbond substituents is 1. The molecule has 4 heterocycles. The Morgan fingerprint density at radius 2 is 1.69 bits per heavy atom. The van der Waals surface area contributed by atoms with E-state index in [-0.39, 0.29) is 30.4 Å². The quantitative estimate of drug-likeness (QED) is 0.168. The second-order valence-electron chi connectivity index (χ2n) is 12.2. The summed E-state index contributed by atoms with van der Waals surface area (Å²) in [6, 6.07) is 18.6. The molecule has 10 nitrogen and oxygen atoms in total. The van der Waals surface area contributed by atoms with Crippen molar-refractivity contribution in [1.82, 2.24) is 4.90 Å². The van der Waals surface area contributed by atoms with Crippen LogP contribution in [0.25, 0.3) is 0 Å².